The van der Waals surface area contributed by atoms with Crippen molar-refractivity contribution in [2.75, 3.05) is 26.4 Å². The highest BCUT2D eigenvalue weighted by molar-refractivity contribution is 7.89. The molecule has 0 aromatic carbocycles. The van der Waals surface area contributed by atoms with Crippen molar-refractivity contribution in [2.24, 2.45) is 0 Å². The highest BCUT2D eigenvalue weighted by Gasteiger charge is 2.21. The van der Waals surface area contributed by atoms with Gasteiger partial charge in [0.25, 0.3) is 0 Å². The van der Waals surface area contributed by atoms with Crippen LogP contribution >= 0.6 is 0 Å². The molecule has 2 heterocycles. The predicted octanol–water partition coefficient (Wildman–Crippen LogP) is -0.593. The van der Waals surface area contributed by atoms with Crippen LogP contribution < -0.4 is 4.72 Å². The Kier molecular flexibility index (Phi) is 4.20. The van der Waals surface area contributed by atoms with Crippen molar-refractivity contribution in [3.63, 3.8) is 0 Å². The summed E-state index contributed by atoms with van der Waals surface area (Å²) in [5, 5.41) is 8.71. The number of aromatic nitrogens is 1. The first-order chi connectivity index (χ1) is 8.99. The number of aromatic carboxylic acids is 1. The van der Waals surface area contributed by atoms with E-state index in [1.165, 1.54) is 0 Å². The summed E-state index contributed by atoms with van der Waals surface area (Å²) in [5.41, 5.74) is -0.183. The molecule has 3 N–H and O–H groups in total. The van der Waals surface area contributed by atoms with Crippen LogP contribution in [0.1, 0.15) is 10.5 Å². The fourth-order valence-electron chi connectivity index (χ4n) is 1.59. The van der Waals surface area contributed by atoms with Gasteiger partial charge in [-0.05, 0) is 6.07 Å². The smallest absolute Gasteiger partial charge is 0.352 e. The highest BCUT2D eigenvalue weighted by Crippen LogP contribution is 2.11. The number of ether oxygens (including phenoxy) is 2. The third-order valence-electron chi connectivity index (χ3n) is 2.58. The van der Waals surface area contributed by atoms with Gasteiger partial charge in [0.15, 0.2) is 0 Å². The number of aromatic amines is 1. The van der Waals surface area contributed by atoms with Crippen molar-refractivity contribution in [2.45, 2.75) is 11.0 Å². The molecule has 1 unspecified atom stereocenters. The van der Waals surface area contributed by atoms with E-state index >= 15 is 0 Å². The average molecular weight is 290 g/mol. The number of hydrogen-bond acceptors (Lipinski definition) is 5. The standard InChI is InChI=1S/C10H14N2O6S/c13-10(14)9-3-8(5-11-9)19(15,16)12-4-7-6-17-1-2-18-7/h3,5,7,11-12H,1-2,4,6H2,(H,13,14). The van der Waals surface area contributed by atoms with Crippen LogP contribution in [0.15, 0.2) is 17.2 Å². The van der Waals surface area contributed by atoms with E-state index in [2.05, 4.69) is 9.71 Å². The number of H-pyrrole nitrogens is 1. The summed E-state index contributed by atoms with van der Waals surface area (Å²) in [6, 6.07) is 1.06. The zero-order valence-electron chi connectivity index (χ0n) is 9.96. The maximum Gasteiger partial charge on any atom is 0.352 e. The highest BCUT2D eigenvalue weighted by atomic mass is 32.2. The summed E-state index contributed by atoms with van der Waals surface area (Å²) in [6.07, 6.45) is 0.797. The molecular weight excluding hydrogens is 276 g/mol. The minimum absolute atomic E-state index is 0.0793. The molecule has 1 aromatic heterocycles. The third kappa shape index (κ3) is 3.53. The summed E-state index contributed by atoms with van der Waals surface area (Å²) in [6.45, 7) is 1.34. The van der Waals surface area contributed by atoms with E-state index in [-0.39, 0.29) is 23.2 Å². The van der Waals surface area contributed by atoms with Gasteiger partial charge < -0.3 is 19.6 Å². The first-order valence-electron chi connectivity index (χ1n) is 5.60. The molecule has 1 saturated heterocycles. The second-order valence-corrected chi connectivity index (χ2v) is 5.74. The molecule has 0 amide bonds. The Morgan fingerprint density at radius 1 is 1.53 bits per heavy atom. The number of sulfonamides is 1. The van der Waals surface area contributed by atoms with Crippen molar-refractivity contribution >= 4 is 16.0 Å². The molecule has 1 fully saturated rings. The third-order valence-corrected chi connectivity index (χ3v) is 3.99. The van der Waals surface area contributed by atoms with E-state index in [1.54, 1.807) is 0 Å². The van der Waals surface area contributed by atoms with Gasteiger partial charge in [-0.3, -0.25) is 0 Å². The summed E-state index contributed by atoms with van der Waals surface area (Å²) < 4.78 is 36.6. The lowest BCUT2D eigenvalue weighted by molar-refractivity contribution is -0.0846. The molecule has 0 spiro atoms. The monoisotopic (exact) mass is 290 g/mol. The molecule has 1 aliphatic rings. The Morgan fingerprint density at radius 3 is 2.89 bits per heavy atom. The van der Waals surface area contributed by atoms with E-state index in [0.29, 0.717) is 19.8 Å². The number of carboxylic acid groups (broad SMARTS) is 1. The van der Waals surface area contributed by atoms with Gasteiger partial charge in [-0.25, -0.2) is 17.9 Å². The Morgan fingerprint density at radius 2 is 2.32 bits per heavy atom. The number of rotatable bonds is 5. The normalized spacial score (nSPS) is 20.3. The van der Waals surface area contributed by atoms with E-state index in [0.717, 1.165) is 12.3 Å². The molecule has 0 radical (unpaired) electrons. The quantitative estimate of drug-likeness (QED) is 0.667. The minimum Gasteiger partial charge on any atom is -0.477 e. The van der Waals surface area contributed by atoms with Crippen LogP contribution in [0.4, 0.5) is 0 Å². The summed E-state index contributed by atoms with van der Waals surface area (Å²) in [7, 11) is -3.75. The first kappa shape index (κ1) is 14.0. The lowest BCUT2D eigenvalue weighted by Gasteiger charge is -2.22. The van der Waals surface area contributed by atoms with Crippen LogP contribution in [0, 0.1) is 0 Å². The lowest BCUT2D eigenvalue weighted by atomic mass is 10.3. The first-order valence-corrected chi connectivity index (χ1v) is 7.08. The molecule has 106 valence electrons. The van der Waals surface area contributed by atoms with Crippen molar-refractivity contribution in [1.82, 2.24) is 9.71 Å². The number of nitrogens with one attached hydrogen (secondary N) is 2. The van der Waals surface area contributed by atoms with Crippen molar-refractivity contribution in [3.05, 3.63) is 18.0 Å². The fraction of sp³-hybridized carbons (Fsp3) is 0.500. The largest absolute Gasteiger partial charge is 0.477 e. The zero-order valence-corrected chi connectivity index (χ0v) is 10.8. The van der Waals surface area contributed by atoms with E-state index < -0.39 is 16.0 Å². The molecule has 1 aliphatic heterocycles. The molecule has 1 atom stereocenters. The van der Waals surface area contributed by atoms with Gasteiger partial charge in [-0.1, -0.05) is 0 Å². The van der Waals surface area contributed by atoms with E-state index in [4.69, 9.17) is 14.6 Å². The van der Waals surface area contributed by atoms with Gasteiger partial charge in [-0.15, -0.1) is 0 Å². The fourth-order valence-corrected chi connectivity index (χ4v) is 2.65. The molecule has 9 heteroatoms. The van der Waals surface area contributed by atoms with Gasteiger partial charge in [0.05, 0.1) is 25.9 Å². The molecule has 0 bridgehead atoms. The maximum absolute atomic E-state index is 11.9. The van der Waals surface area contributed by atoms with Crippen molar-refractivity contribution in [3.8, 4) is 0 Å². The van der Waals surface area contributed by atoms with Crippen molar-refractivity contribution in [1.29, 1.82) is 0 Å². The molecule has 2 rings (SSSR count). The van der Waals surface area contributed by atoms with Crippen LogP contribution in [-0.2, 0) is 19.5 Å². The van der Waals surface area contributed by atoms with E-state index in [9.17, 15) is 13.2 Å². The predicted molar refractivity (Wildman–Crippen MR) is 63.5 cm³/mol. The average Bonchev–Trinajstić information content (AvgIpc) is 2.88. The van der Waals surface area contributed by atoms with Gasteiger partial charge in [-0.2, -0.15) is 0 Å². The van der Waals surface area contributed by atoms with Gasteiger partial charge in [0.1, 0.15) is 10.6 Å². The Labute approximate surface area is 109 Å². The summed E-state index contributed by atoms with van der Waals surface area (Å²) in [4.78, 5) is 12.9. The topological polar surface area (TPSA) is 118 Å². The molecule has 8 nitrogen and oxygen atoms in total. The van der Waals surface area contributed by atoms with Crippen molar-refractivity contribution < 1.29 is 27.8 Å². The second-order valence-electron chi connectivity index (χ2n) is 3.97. The molecule has 1 aromatic rings. The molecule has 0 aliphatic carbocycles. The Bertz CT molecular complexity index is 546. The van der Waals surface area contributed by atoms with Gasteiger partial charge >= 0.3 is 5.97 Å². The molecule has 0 saturated carbocycles. The number of carbonyl (C=O) groups is 1. The summed E-state index contributed by atoms with van der Waals surface area (Å²) in [5.74, 6) is -1.22. The van der Waals surface area contributed by atoms with Crippen LogP contribution in [-0.4, -0.2) is 56.9 Å². The molecular formula is C10H14N2O6S. The Balaban J connectivity index is 1.98. The van der Waals surface area contributed by atoms with Crippen LogP contribution in [0.5, 0.6) is 0 Å². The van der Waals surface area contributed by atoms with Crippen LogP contribution in [0.2, 0.25) is 0 Å². The van der Waals surface area contributed by atoms with Gasteiger partial charge in [0.2, 0.25) is 10.0 Å². The zero-order chi connectivity index (χ0) is 13.9. The van der Waals surface area contributed by atoms with E-state index in [1.807, 2.05) is 0 Å². The van der Waals surface area contributed by atoms with Crippen LogP contribution in [0.25, 0.3) is 0 Å². The SMILES string of the molecule is O=C(O)c1cc(S(=O)(=O)NCC2COCCO2)c[nH]1. The minimum atomic E-state index is -3.75. The Hall–Kier alpha value is -1.42. The summed E-state index contributed by atoms with van der Waals surface area (Å²) >= 11 is 0. The van der Waals surface area contributed by atoms with Crippen LogP contribution in [0.3, 0.4) is 0 Å². The molecule has 19 heavy (non-hydrogen) atoms. The van der Waals surface area contributed by atoms with Gasteiger partial charge in [0, 0.05) is 12.7 Å². The number of carboxylic acids is 1. The number of hydrogen-bond donors (Lipinski definition) is 3. The maximum atomic E-state index is 11.9. The lowest BCUT2D eigenvalue weighted by Crippen LogP contribution is -2.39. The second kappa shape index (κ2) is 5.70.